The number of hydrogen-bond donors (Lipinski definition) is 1. The number of halogens is 3. The lowest BCUT2D eigenvalue weighted by Gasteiger charge is -2.25. The zero-order chi connectivity index (χ0) is 19.6. The summed E-state index contributed by atoms with van der Waals surface area (Å²) in [5.41, 5.74) is 1.84. The second-order valence-corrected chi connectivity index (χ2v) is 7.24. The van der Waals surface area contributed by atoms with Gasteiger partial charge in [-0.1, -0.05) is 36.4 Å². The van der Waals surface area contributed by atoms with Gasteiger partial charge in [-0.15, -0.1) is 12.4 Å². The molecule has 0 bridgehead atoms. The van der Waals surface area contributed by atoms with Crippen LogP contribution >= 0.6 is 12.4 Å². The molecule has 1 aliphatic carbocycles. The van der Waals surface area contributed by atoms with Crippen molar-refractivity contribution in [3.8, 4) is 5.75 Å². The first-order valence-electron chi connectivity index (χ1n) is 9.42. The van der Waals surface area contributed by atoms with Gasteiger partial charge in [0, 0.05) is 29.4 Å². The Balaban J connectivity index is 0.00000240. The number of pyridine rings is 1. The van der Waals surface area contributed by atoms with Crippen molar-refractivity contribution < 1.29 is 13.5 Å². The molecule has 1 N–H and O–H groups in total. The fourth-order valence-electron chi connectivity index (χ4n) is 3.53. The third kappa shape index (κ3) is 4.74. The van der Waals surface area contributed by atoms with Gasteiger partial charge in [-0.2, -0.15) is 0 Å². The molecule has 1 aromatic heterocycles. The van der Waals surface area contributed by atoms with Gasteiger partial charge in [0.15, 0.2) is 11.6 Å². The largest absolute Gasteiger partial charge is 0.485 e. The molecule has 0 saturated heterocycles. The van der Waals surface area contributed by atoms with E-state index in [0.29, 0.717) is 5.56 Å². The van der Waals surface area contributed by atoms with E-state index in [1.165, 1.54) is 6.07 Å². The van der Waals surface area contributed by atoms with Crippen molar-refractivity contribution >= 4 is 12.4 Å². The van der Waals surface area contributed by atoms with E-state index in [0.717, 1.165) is 30.2 Å². The third-order valence-electron chi connectivity index (χ3n) is 5.12. The quantitative estimate of drug-likeness (QED) is 0.536. The molecule has 0 amide bonds. The number of aromatic nitrogens is 1. The van der Waals surface area contributed by atoms with Crippen molar-refractivity contribution in [1.29, 1.82) is 0 Å². The van der Waals surface area contributed by atoms with Crippen LogP contribution < -0.4 is 10.1 Å². The molecule has 0 spiro atoms. The standard InChI is InChI=1S/C23H22F2N2O.ClH/c1-16(21-9-5-6-12-26-21)27-23(10-11-23)19-13-18(24)14-20(25)22(19)28-15-17-7-3-2-4-8-17;/h2-9,12-14,16,27H,10-11,15H2,1H3;1H. The first-order chi connectivity index (χ1) is 13.6. The molecule has 1 saturated carbocycles. The Labute approximate surface area is 175 Å². The lowest BCUT2D eigenvalue weighted by atomic mass is 10.0. The van der Waals surface area contributed by atoms with Crippen LogP contribution in [-0.4, -0.2) is 4.98 Å². The molecule has 1 unspecified atom stereocenters. The van der Waals surface area contributed by atoms with E-state index in [1.807, 2.05) is 55.5 Å². The Morgan fingerprint density at radius 1 is 1.07 bits per heavy atom. The Hall–Kier alpha value is -2.50. The second-order valence-electron chi connectivity index (χ2n) is 7.24. The van der Waals surface area contributed by atoms with Gasteiger partial charge < -0.3 is 4.74 Å². The molecule has 152 valence electrons. The molecule has 0 aliphatic heterocycles. The maximum Gasteiger partial charge on any atom is 0.168 e. The second kappa shape index (κ2) is 8.89. The molecule has 1 aliphatic rings. The number of ether oxygens (including phenoxy) is 1. The van der Waals surface area contributed by atoms with E-state index in [4.69, 9.17) is 4.74 Å². The van der Waals surface area contributed by atoms with Crippen LogP contribution in [0.4, 0.5) is 8.78 Å². The monoisotopic (exact) mass is 416 g/mol. The highest BCUT2D eigenvalue weighted by Gasteiger charge is 2.48. The molecule has 2 aromatic carbocycles. The minimum Gasteiger partial charge on any atom is -0.485 e. The molecule has 3 nitrogen and oxygen atoms in total. The van der Waals surface area contributed by atoms with Gasteiger partial charge in [-0.05, 0) is 43.5 Å². The van der Waals surface area contributed by atoms with Crippen molar-refractivity contribution in [3.05, 3.63) is 95.3 Å². The lowest BCUT2D eigenvalue weighted by molar-refractivity contribution is 0.278. The van der Waals surface area contributed by atoms with Gasteiger partial charge >= 0.3 is 0 Å². The van der Waals surface area contributed by atoms with E-state index >= 15 is 0 Å². The van der Waals surface area contributed by atoms with Crippen LogP contribution in [0.3, 0.4) is 0 Å². The number of rotatable bonds is 7. The van der Waals surface area contributed by atoms with Gasteiger partial charge in [0.1, 0.15) is 12.4 Å². The summed E-state index contributed by atoms with van der Waals surface area (Å²) in [6.45, 7) is 2.23. The van der Waals surface area contributed by atoms with E-state index in [-0.39, 0.29) is 30.8 Å². The number of hydrogen-bond acceptors (Lipinski definition) is 3. The number of nitrogens with zero attached hydrogens (tertiary/aromatic N) is 1. The van der Waals surface area contributed by atoms with Crippen LogP contribution in [0.25, 0.3) is 0 Å². The van der Waals surface area contributed by atoms with Crippen molar-refractivity contribution in [2.24, 2.45) is 0 Å². The molecule has 1 heterocycles. The Kier molecular flexibility index (Phi) is 6.50. The minimum atomic E-state index is -0.676. The van der Waals surface area contributed by atoms with E-state index in [9.17, 15) is 8.78 Å². The summed E-state index contributed by atoms with van der Waals surface area (Å²) in [6.07, 6.45) is 3.31. The predicted octanol–water partition coefficient (Wildman–Crippen LogP) is 5.70. The van der Waals surface area contributed by atoms with Gasteiger partial charge in [-0.3, -0.25) is 10.3 Å². The highest BCUT2D eigenvalue weighted by atomic mass is 35.5. The Morgan fingerprint density at radius 2 is 1.79 bits per heavy atom. The Bertz CT molecular complexity index is 950. The third-order valence-corrected chi connectivity index (χ3v) is 5.12. The molecule has 3 aromatic rings. The molecule has 1 atom stereocenters. The first kappa shape index (κ1) is 21.2. The first-order valence-corrected chi connectivity index (χ1v) is 9.42. The smallest absolute Gasteiger partial charge is 0.168 e. The SMILES string of the molecule is CC(NC1(c2cc(F)cc(F)c2OCc2ccccc2)CC1)c1ccccn1.Cl. The fourth-order valence-corrected chi connectivity index (χ4v) is 3.53. The van der Waals surface area contributed by atoms with E-state index in [2.05, 4.69) is 10.3 Å². The zero-order valence-electron chi connectivity index (χ0n) is 16.1. The maximum atomic E-state index is 14.6. The van der Waals surface area contributed by atoms with Crippen molar-refractivity contribution in [3.63, 3.8) is 0 Å². The molecule has 4 rings (SSSR count). The predicted molar refractivity (Wildman–Crippen MR) is 111 cm³/mol. The summed E-state index contributed by atoms with van der Waals surface area (Å²) >= 11 is 0. The van der Waals surface area contributed by atoms with Crippen molar-refractivity contribution in [2.75, 3.05) is 0 Å². The topological polar surface area (TPSA) is 34.1 Å². The molecular formula is C23H23ClF2N2O. The van der Waals surface area contributed by atoms with Crippen LogP contribution in [-0.2, 0) is 12.1 Å². The average Bonchev–Trinajstić information content (AvgIpc) is 3.49. The van der Waals surface area contributed by atoms with Crippen LogP contribution in [0.1, 0.15) is 42.6 Å². The molecule has 0 radical (unpaired) electrons. The van der Waals surface area contributed by atoms with E-state index < -0.39 is 17.2 Å². The van der Waals surface area contributed by atoms with Crippen molar-refractivity contribution in [1.82, 2.24) is 10.3 Å². The Morgan fingerprint density at radius 3 is 2.45 bits per heavy atom. The van der Waals surface area contributed by atoms with Crippen molar-refractivity contribution in [2.45, 2.75) is 38.0 Å². The van der Waals surface area contributed by atoms with Crippen LogP contribution in [0.2, 0.25) is 0 Å². The summed E-state index contributed by atoms with van der Waals surface area (Å²) in [6, 6.07) is 17.5. The zero-order valence-corrected chi connectivity index (χ0v) is 16.9. The lowest BCUT2D eigenvalue weighted by Crippen LogP contribution is -2.32. The summed E-state index contributed by atoms with van der Waals surface area (Å²) < 4.78 is 34.5. The number of benzene rings is 2. The molecular weight excluding hydrogens is 394 g/mol. The summed E-state index contributed by atoms with van der Waals surface area (Å²) in [7, 11) is 0. The van der Waals surface area contributed by atoms with Crippen LogP contribution in [0, 0.1) is 11.6 Å². The summed E-state index contributed by atoms with van der Waals surface area (Å²) in [5.74, 6) is -1.16. The average molecular weight is 417 g/mol. The van der Waals surface area contributed by atoms with E-state index in [1.54, 1.807) is 6.20 Å². The minimum absolute atomic E-state index is 0. The van der Waals surface area contributed by atoms with Gasteiger partial charge in [-0.25, -0.2) is 8.78 Å². The van der Waals surface area contributed by atoms with Crippen LogP contribution in [0.5, 0.6) is 5.75 Å². The maximum absolute atomic E-state index is 14.6. The van der Waals surface area contributed by atoms with Gasteiger partial charge in [0.25, 0.3) is 0 Å². The highest BCUT2D eigenvalue weighted by Crippen LogP contribution is 2.51. The van der Waals surface area contributed by atoms with Gasteiger partial charge in [0.05, 0.1) is 5.69 Å². The summed E-state index contributed by atoms with van der Waals surface area (Å²) in [5, 5.41) is 3.52. The molecule has 6 heteroatoms. The molecule has 29 heavy (non-hydrogen) atoms. The van der Waals surface area contributed by atoms with Gasteiger partial charge in [0.2, 0.25) is 0 Å². The normalized spacial score (nSPS) is 15.3. The number of nitrogens with one attached hydrogen (secondary N) is 1. The highest BCUT2D eigenvalue weighted by molar-refractivity contribution is 5.85. The summed E-state index contributed by atoms with van der Waals surface area (Å²) in [4.78, 5) is 4.38. The van der Waals surface area contributed by atoms with Crippen LogP contribution in [0.15, 0.2) is 66.9 Å². The fraction of sp³-hybridized carbons (Fsp3) is 0.261. The molecule has 1 fully saturated rings.